The molecule has 1 aliphatic heterocycles. The zero-order chi connectivity index (χ0) is 12.1. The van der Waals surface area contributed by atoms with Crippen molar-refractivity contribution in [2.24, 2.45) is 0 Å². The molecule has 2 rings (SSSR count). The average Bonchev–Trinajstić information content (AvgIpc) is 2.97. The average molecular weight is 239 g/mol. The molecule has 2 N–H and O–H groups in total. The molecule has 7 nitrogen and oxygen atoms in total. The molecule has 0 bridgehead atoms. The smallest absolute Gasteiger partial charge is 0.222 e. The van der Waals surface area contributed by atoms with E-state index in [0.717, 1.165) is 13.1 Å². The summed E-state index contributed by atoms with van der Waals surface area (Å²) in [6, 6.07) is 0.0586. The number of carbonyl (C=O) groups excluding carboxylic acids is 1. The maximum Gasteiger partial charge on any atom is 0.222 e. The van der Waals surface area contributed by atoms with Gasteiger partial charge in [0.15, 0.2) is 0 Å². The molecule has 0 radical (unpaired) electrons. The lowest BCUT2D eigenvalue weighted by Gasteiger charge is -2.18. The number of aryl methyl sites for hydroxylation is 1. The minimum absolute atomic E-state index is 0.0104. The quantitative estimate of drug-likeness (QED) is 0.672. The predicted molar refractivity (Wildman–Crippen MR) is 60.2 cm³/mol. The number of aromatic nitrogens is 3. The Morgan fingerprint density at radius 2 is 2.53 bits per heavy atom. The summed E-state index contributed by atoms with van der Waals surface area (Å²) in [4.78, 5) is 15.5. The Labute approximate surface area is 99.5 Å². The number of ether oxygens (including phenoxy) is 1. The van der Waals surface area contributed by atoms with Crippen molar-refractivity contribution in [1.29, 1.82) is 0 Å². The van der Waals surface area contributed by atoms with Gasteiger partial charge in [-0.05, 0) is 0 Å². The van der Waals surface area contributed by atoms with E-state index in [1.807, 2.05) is 0 Å². The van der Waals surface area contributed by atoms with Crippen molar-refractivity contribution in [3.05, 3.63) is 12.7 Å². The molecule has 1 aromatic heterocycles. The van der Waals surface area contributed by atoms with Crippen LogP contribution in [0.3, 0.4) is 0 Å². The minimum atomic E-state index is 0.0104. The van der Waals surface area contributed by atoms with E-state index >= 15 is 0 Å². The molecule has 7 heteroatoms. The van der Waals surface area contributed by atoms with Crippen LogP contribution in [-0.4, -0.2) is 53.0 Å². The fourth-order valence-electron chi connectivity index (χ4n) is 1.89. The standard InChI is InChI=1S/C10H17N5O2/c1-17-9-5-11-4-8(9)14-10(16)2-3-15-7-12-6-13-15/h6-9,11H,2-5H2,1H3,(H,14,16)/t8?,9-/m1/s1. The molecule has 0 saturated carbocycles. The van der Waals surface area contributed by atoms with Gasteiger partial charge in [0.05, 0.1) is 18.7 Å². The third-order valence-electron chi connectivity index (χ3n) is 2.84. The van der Waals surface area contributed by atoms with Crippen LogP contribution in [0.15, 0.2) is 12.7 Å². The highest BCUT2D eigenvalue weighted by molar-refractivity contribution is 5.76. The fraction of sp³-hybridized carbons (Fsp3) is 0.700. The van der Waals surface area contributed by atoms with E-state index in [0.29, 0.717) is 13.0 Å². The van der Waals surface area contributed by atoms with E-state index in [-0.39, 0.29) is 18.1 Å². The summed E-state index contributed by atoms with van der Waals surface area (Å²) in [5.74, 6) is 0.0104. The molecule has 1 aliphatic rings. The first-order valence-electron chi connectivity index (χ1n) is 5.65. The van der Waals surface area contributed by atoms with Crippen LogP contribution in [0.4, 0.5) is 0 Å². The second-order valence-electron chi connectivity index (χ2n) is 4.01. The highest BCUT2D eigenvalue weighted by atomic mass is 16.5. The van der Waals surface area contributed by atoms with Crippen LogP contribution >= 0.6 is 0 Å². The van der Waals surface area contributed by atoms with Gasteiger partial charge in [-0.15, -0.1) is 0 Å². The van der Waals surface area contributed by atoms with E-state index in [2.05, 4.69) is 20.7 Å². The van der Waals surface area contributed by atoms with E-state index in [1.54, 1.807) is 18.1 Å². The molecule has 0 aliphatic carbocycles. The van der Waals surface area contributed by atoms with E-state index in [4.69, 9.17) is 4.74 Å². The van der Waals surface area contributed by atoms with Gasteiger partial charge in [-0.25, -0.2) is 4.98 Å². The van der Waals surface area contributed by atoms with Crippen molar-refractivity contribution in [2.45, 2.75) is 25.1 Å². The number of hydrogen-bond acceptors (Lipinski definition) is 5. The number of amides is 1. The summed E-state index contributed by atoms with van der Waals surface area (Å²) in [6.07, 6.45) is 3.52. The maximum absolute atomic E-state index is 11.7. The molecule has 1 aromatic rings. The maximum atomic E-state index is 11.7. The Bertz CT molecular complexity index is 354. The zero-order valence-electron chi connectivity index (χ0n) is 9.80. The Morgan fingerprint density at radius 1 is 1.65 bits per heavy atom. The molecule has 0 aromatic carbocycles. The number of methoxy groups -OCH3 is 1. The number of nitrogens with zero attached hydrogens (tertiary/aromatic N) is 3. The SMILES string of the molecule is CO[C@@H]1CNCC1NC(=O)CCn1cncn1. The lowest BCUT2D eigenvalue weighted by atomic mass is 10.2. The zero-order valence-corrected chi connectivity index (χ0v) is 9.80. The summed E-state index contributed by atoms with van der Waals surface area (Å²) in [7, 11) is 1.66. The van der Waals surface area contributed by atoms with E-state index < -0.39 is 0 Å². The summed E-state index contributed by atoms with van der Waals surface area (Å²) in [5, 5.41) is 10.1. The van der Waals surface area contributed by atoms with Crippen molar-refractivity contribution in [1.82, 2.24) is 25.4 Å². The van der Waals surface area contributed by atoms with Crippen LogP contribution in [0, 0.1) is 0 Å². The third-order valence-corrected chi connectivity index (χ3v) is 2.84. The molecule has 94 valence electrons. The first-order valence-corrected chi connectivity index (χ1v) is 5.65. The molecule has 2 atom stereocenters. The predicted octanol–water partition coefficient (Wildman–Crippen LogP) is -1.23. The fourth-order valence-corrected chi connectivity index (χ4v) is 1.89. The summed E-state index contributed by atoms with van der Waals surface area (Å²) in [5.41, 5.74) is 0. The summed E-state index contributed by atoms with van der Waals surface area (Å²) in [6.45, 7) is 2.09. The molecule has 1 amide bonds. The second kappa shape index (κ2) is 5.74. The van der Waals surface area contributed by atoms with Crippen LogP contribution < -0.4 is 10.6 Å². The van der Waals surface area contributed by atoms with Crippen LogP contribution in [0.1, 0.15) is 6.42 Å². The Morgan fingerprint density at radius 3 is 3.24 bits per heavy atom. The highest BCUT2D eigenvalue weighted by Crippen LogP contribution is 2.03. The van der Waals surface area contributed by atoms with Crippen LogP contribution in [-0.2, 0) is 16.1 Å². The normalized spacial score (nSPS) is 23.8. The first kappa shape index (κ1) is 12.0. The molecule has 0 spiro atoms. The lowest BCUT2D eigenvalue weighted by Crippen LogP contribution is -2.43. The largest absolute Gasteiger partial charge is 0.378 e. The summed E-state index contributed by atoms with van der Waals surface area (Å²) < 4.78 is 6.91. The first-order chi connectivity index (χ1) is 8.29. The number of nitrogens with one attached hydrogen (secondary N) is 2. The van der Waals surface area contributed by atoms with Gasteiger partial charge >= 0.3 is 0 Å². The van der Waals surface area contributed by atoms with Crippen LogP contribution in [0.2, 0.25) is 0 Å². The molecule has 1 fully saturated rings. The van der Waals surface area contributed by atoms with Crippen LogP contribution in [0.5, 0.6) is 0 Å². The molecule has 17 heavy (non-hydrogen) atoms. The molecular weight excluding hydrogens is 222 g/mol. The molecular formula is C10H17N5O2. The van der Waals surface area contributed by atoms with Crippen LogP contribution in [0.25, 0.3) is 0 Å². The Hall–Kier alpha value is -1.47. The van der Waals surface area contributed by atoms with E-state index in [9.17, 15) is 4.79 Å². The van der Waals surface area contributed by atoms with E-state index in [1.165, 1.54) is 6.33 Å². The van der Waals surface area contributed by atoms with Crippen molar-refractivity contribution in [3.63, 3.8) is 0 Å². The Balaban J connectivity index is 1.73. The van der Waals surface area contributed by atoms with Crippen molar-refractivity contribution in [3.8, 4) is 0 Å². The minimum Gasteiger partial charge on any atom is -0.378 e. The highest BCUT2D eigenvalue weighted by Gasteiger charge is 2.27. The van der Waals surface area contributed by atoms with Crippen molar-refractivity contribution >= 4 is 5.91 Å². The molecule has 1 unspecified atom stereocenters. The van der Waals surface area contributed by atoms with Gasteiger partial charge in [-0.2, -0.15) is 5.10 Å². The van der Waals surface area contributed by atoms with Gasteiger partial charge in [0.2, 0.25) is 5.91 Å². The summed E-state index contributed by atoms with van der Waals surface area (Å²) >= 11 is 0. The van der Waals surface area contributed by atoms with Gasteiger partial charge in [0.1, 0.15) is 12.7 Å². The number of hydrogen-bond donors (Lipinski definition) is 2. The monoisotopic (exact) mass is 239 g/mol. The lowest BCUT2D eigenvalue weighted by molar-refractivity contribution is -0.122. The number of rotatable bonds is 5. The number of carbonyl (C=O) groups is 1. The topological polar surface area (TPSA) is 81.1 Å². The second-order valence-corrected chi connectivity index (χ2v) is 4.01. The Kier molecular flexibility index (Phi) is 4.05. The molecule has 1 saturated heterocycles. The van der Waals surface area contributed by atoms with Gasteiger partial charge < -0.3 is 15.4 Å². The van der Waals surface area contributed by atoms with Gasteiger partial charge in [-0.1, -0.05) is 0 Å². The van der Waals surface area contributed by atoms with Gasteiger partial charge in [-0.3, -0.25) is 9.48 Å². The van der Waals surface area contributed by atoms with Gasteiger partial charge in [0, 0.05) is 26.6 Å². The van der Waals surface area contributed by atoms with Crippen molar-refractivity contribution < 1.29 is 9.53 Å². The third kappa shape index (κ3) is 3.24. The van der Waals surface area contributed by atoms with Crippen molar-refractivity contribution in [2.75, 3.05) is 20.2 Å². The molecule has 2 heterocycles. The van der Waals surface area contributed by atoms with Gasteiger partial charge in [0.25, 0.3) is 0 Å².